The molecule has 1 aromatic carbocycles. The van der Waals surface area contributed by atoms with Gasteiger partial charge in [0.25, 0.3) is 5.91 Å². The maximum Gasteiger partial charge on any atom is 0.257 e. The summed E-state index contributed by atoms with van der Waals surface area (Å²) in [6, 6.07) is 6.39. The van der Waals surface area contributed by atoms with Gasteiger partial charge in [-0.2, -0.15) is 0 Å². The third-order valence-corrected chi connectivity index (χ3v) is 3.92. The summed E-state index contributed by atoms with van der Waals surface area (Å²) in [7, 11) is 0. The zero-order valence-corrected chi connectivity index (χ0v) is 12.5. The average Bonchev–Trinajstić information content (AvgIpc) is 3.05. The van der Waals surface area contributed by atoms with Gasteiger partial charge in [0.1, 0.15) is 5.01 Å². The Bertz CT molecular complexity index is 755. The fourth-order valence-corrected chi connectivity index (χ4v) is 2.75. The summed E-state index contributed by atoms with van der Waals surface area (Å²) in [5, 5.41) is 11.4. The number of nitrogens with zero attached hydrogens (tertiary/aromatic N) is 3. The van der Waals surface area contributed by atoms with Gasteiger partial charge in [0, 0.05) is 18.4 Å². The Kier molecular flexibility index (Phi) is 3.68. The zero-order valence-electron chi connectivity index (χ0n) is 11.7. The Morgan fingerprint density at radius 1 is 1.23 bits per heavy atom. The maximum absolute atomic E-state index is 12.2. The molecular weight excluding hydrogens is 304 g/mol. The van der Waals surface area contributed by atoms with E-state index in [4.69, 9.17) is 0 Å². The zero-order chi connectivity index (χ0) is 15.7. The minimum Gasteiger partial charge on any atom is -0.296 e. The Morgan fingerprint density at radius 3 is 2.59 bits per heavy atom. The van der Waals surface area contributed by atoms with E-state index in [2.05, 4.69) is 15.5 Å². The molecule has 0 atom stereocenters. The van der Waals surface area contributed by atoms with Crippen molar-refractivity contribution in [1.82, 2.24) is 10.2 Å². The van der Waals surface area contributed by atoms with E-state index in [0.29, 0.717) is 16.4 Å². The third kappa shape index (κ3) is 2.73. The minimum atomic E-state index is -0.364. The highest BCUT2D eigenvalue weighted by Crippen LogP contribution is 2.24. The third-order valence-electron chi connectivity index (χ3n) is 3.16. The number of rotatable bonds is 3. The van der Waals surface area contributed by atoms with Crippen molar-refractivity contribution in [2.75, 3.05) is 10.2 Å². The maximum atomic E-state index is 12.2. The molecule has 1 aliphatic heterocycles. The number of benzene rings is 1. The van der Waals surface area contributed by atoms with Crippen LogP contribution < -0.4 is 10.2 Å². The van der Waals surface area contributed by atoms with Gasteiger partial charge in [-0.05, 0) is 25.1 Å². The van der Waals surface area contributed by atoms with Gasteiger partial charge >= 0.3 is 0 Å². The van der Waals surface area contributed by atoms with E-state index >= 15 is 0 Å². The summed E-state index contributed by atoms with van der Waals surface area (Å²) < 4.78 is 0. The van der Waals surface area contributed by atoms with Gasteiger partial charge in [-0.3, -0.25) is 24.6 Å². The van der Waals surface area contributed by atoms with Crippen molar-refractivity contribution in [2.24, 2.45) is 0 Å². The number of carbonyl (C=O) groups is 3. The van der Waals surface area contributed by atoms with E-state index < -0.39 is 0 Å². The van der Waals surface area contributed by atoms with E-state index in [0.717, 1.165) is 9.91 Å². The number of aryl methyl sites for hydroxylation is 1. The van der Waals surface area contributed by atoms with Crippen molar-refractivity contribution in [3.8, 4) is 0 Å². The van der Waals surface area contributed by atoms with E-state index in [1.807, 2.05) is 0 Å². The first-order valence-corrected chi connectivity index (χ1v) is 7.43. The van der Waals surface area contributed by atoms with Crippen LogP contribution in [0.5, 0.6) is 0 Å². The molecule has 2 heterocycles. The number of imide groups is 1. The summed E-state index contributed by atoms with van der Waals surface area (Å²) >= 11 is 1.27. The van der Waals surface area contributed by atoms with Gasteiger partial charge < -0.3 is 0 Å². The number of hydrogen-bond donors (Lipinski definition) is 1. The first-order valence-electron chi connectivity index (χ1n) is 6.62. The first-order chi connectivity index (χ1) is 10.5. The van der Waals surface area contributed by atoms with Crippen LogP contribution in [0.25, 0.3) is 0 Å². The highest BCUT2D eigenvalue weighted by Gasteiger charge is 2.30. The normalized spacial score (nSPS) is 14.5. The molecule has 0 spiro atoms. The molecule has 1 aliphatic rings. The topological polar surface area (TPSA) is 92.3 Å². The van der Waals surface area contributed by atoms with Crippen molar-refractivity contribution >= 4 is 39.9 Å². The van der Waals surface area contributed by atoms with E-state index in [1.54, 1.807) is 25.1 Å². The SMILES string of the molecule is Cc1nnc(NC(=O)c2cccc(N3C(=O)CCC3=O)c2)s1. The molecule has 2 aromatic rings. The number of aromatic nitrogens is 2. The molecule has 1 fully saturated rings. The number of anilines is 2. The summed E-state index contributed by atoms with van der Waals surface area (Å²) in [6.45, 7) is 1.79. The van der Waals surface area contributed by atoms with Crippen LogP contribution in [0.2, 0.25) is 0 Å². The van der Waals surface area contributed by atoms with Crippen LogP contribution in [0.4, 0.5) is 10.8 Å². The Labute approximate surface area is 130 Å². The summed E-state index contributed by atoms with van der Waals surface area (Å²) in [4.78, 5) is 36.8. The van der Waals surface area contributed by atoms with Crippen LogP contribution in [0.1, 0.15) is 28.2 Å². The summed E-state index contributed by atoms with van der Waals surface area (Å²) in [6.07, 6.45) is 0.415. The fourth-order valence-electron chi connectivity index (χ4n) is 2.17. The van der Waals surface area contributed by atoms with Gasteiger partial charge in [-0.1, -0.05) is 17.4 Å². The van der Waals surface area contributed by atoms with Gasteiger partial charge in [-0.25, -0.2) is 0 Å². The van der Waals surface area contributed by atoms with Crippen LogP contribution in [-0.4, -0.2) is 27.9 Å². The van der Waals surface area contributed by atoms with Gasteiger partial charge in [0.2, 0.25) is 16.9 Å². The van der Waals surface area contributed by atoms with Crippen LogP contribution in [-0.2, 0) is 9.59 Å². The molecule has 3 amide bonds. The lowest BCUT2D eigenvalue weighted by Gasteiger charge is -2.14. The predicted octanol–water partition coefficient (Wildman–Crippen LogP) is 1.75. The molecule has 1 saturated heterocycles. The molecule has 0 bridgehead atoms. The number of nitrogens with one attached hydrogen (secondary N) is 1. The lowest BCUT2D eigenvalue weighted by atomic mass is 10.2. The van der Waals surface area contributed by atoms with Crippen molar-refractivity contribution in [3.63, 3.8) is 0 Å². The van der Waals surface area contributed by atoms with Gasteiger partial charge in [0.05, 0.1) is 5.69 Å². The summed E-state index contributed by atoms with van der Waals surface area (Å²) in [5.74, 6) is -0.860. The molecule has 0 aliphatic carbocycles. The minimum absolute atomic E-state index is 0.208. The Hall–Kier alpha value is -2.61. The quantitative estimate of drug-likeness (QED) is 0.871. The van der Waals surface area contributed by atoms with Crippen molar-refractivity contribution in [2.45, 2.75) is 19.8 Å². The first kappa shape index (κ1) is 14.3. The van der Waals surface area contributed by atoms with Crippen molar-refractivity contribution in [1.29, 1.82) is 0 Å². The van der Waals surface area contributed by atoms with Gasteiger partial charge in [0.15, 0.2) is 0 Å². The van der Waals surface area contributed by atoms with Crippen LogP contribution in [0.3, 0.4) is 0 Å². The smallest absolute Gasteiger partial charge is 0.257 e. The van der Waals surface area contributed by atoms with E-state index in [1.165, 1.54) is 17.4 Å². The van der Waals surface area contributed by atoms with Crippen LogP contribution in [0.15, 0.2) is 24.3 Å². The van der Waals surface area contributed by atoms with Crippen LogP contribution >= 0.6 is 11.3 Å². The number of amides is 3. The predicted molar refractivity (Wildman–Crippen MR) is 80.8 cm³/mol. The molecule has 8 heteroatoms. The highest BCUT2D eigenvalue weighted by molar-refractivity contribution is 7.15. The molecule has 7 nitrogen and oxygen atoms in total. The van der Waals surface area contributed by atoms with E-state index in [-0.39, 0.29) is 30.6 Å². The fraction of sp³-hybridized carbons (Fsp3) is 0.214. The average molecular weight is 316 g/mol. The monoisotopic (exact) mass is 316 g/mol. The number of hydrogen-bond acceptors (Lipinski definition) is 6. The van der Waals surface area contributed by atoms with Crippen molar-refractivity contribution < 1.29 is 14.4 Å². The lowest BCUT2D eigenvalue weighted by molar-refractivity contribution is -0.121. The Balaban J connectivity index is 1.83. The highest BCUT2D eigenvalue weighted by atomic mass is 32.1. The molecule has 22 heavy (non-hydrogen) atoms. The number of carbonyl (C=O) groups excluding carboxylic acids is 3. The molecule has 112 valence electrons. The molecule has 0 saturated carbocycles. The Morgan fingerprint density at radius 2 is 1.95 bits per heavy atom. The standard InChI is InChI=1S/C14H12N4O3S/c1-8-16-17-14(22-8)15-13(21)9-3-2-4-10(7-9)18-11(19)5-6-12(18)20/h2-4,7H,5-6H2,1H3,(H,15,17,21). The molecular formula is C14H12N4O3S. The molecule has 1 aromatic heterocycles. The molecule has 0 radical (unpaired) electrons. The largest absolute Gasteiger partial charge is 0.296 e. The van der Waals surface area contributed by atoms with Crippen LogP contribution in [0, 0.1) is 6.92 Å². The van der Waals surface area contributed by atoms with E-state index in [9.17, 15) is 14.4 Å². The lowest BCUT2D eigenvalue weighted by Crippen LogP contribution is -2.28. The van der Waals surface area contributed by atoms with Crippen molar-refractivity contribution in [3.05, 3.63) is 34.8 Å². The second kappa shape index (κ2) is 5.64. The second-order valence-corrected chi connectivity index (χ2v) is 5.94. The molecule has 1 N–H and O–H groups in total. The van der Waals surface area contributed by atoms with Gasteiger partial charge in [-0.15, -0.1) is 10.2 Å². The summed E-state index contributed by atoms with van der Waals surface area (Å²) in [5.41, 5.74) is 0.756. The molecule has 3 rings (SSSR count). The molecule has 0 unspecified atom stereocenters. The second-order valence-electron chi connectivity index (χ2n) is 4.75.